The number of aromatic hydroxyl groups is 1. The molecular formula is C45H54FN5O4. The van der Waals surface area contributed by atoms with Crippen LogP contribution >= 0.6 is 0 Å². The van der Waals surface area contributed by atoms with E-state index < -0.39 is 6.04 Å². The van der Waals surface area contributed by atoms with Crippen molar-refractivity contribution in [2.24, 2.45) is 17.8 Å². The molecule has 0 unspecified atom stereocenters. The van der Waals surface area contributed by atoms with Gasteiger partial charge in [0.25, 0.3) is 5.91 Å². The number of aryl methyl sites for hydroxylation is 1. The maximum atomic E-state index is 16.1. The van der Waals surface area contributed by atoms with E-state index in [1.807, 2.05) is 36.4 Å². The first-order chi connectivity index (χ1) is 26.8. The predicted molar refractivity (Wildman–Crippen MR) is 211 cm³/mol. The minimum atomic E-state index is -0.600. The van der Waals surface area contributed by atoms with Gasteiger partial charge < -0.3 is 19.8 Å². The van der Waals surface area contributed by atoms with Crippen molar-refractivity contribution < 1.29 is 23.9 Å². The van der Waals surface area contributed by atoms with Crippen LogP contribution in [0.25, 0.3) is 0 Å². The molecule has 4 aliphatic heterocycles. The Bertz CT molecular complexity index is 1950. The predicted octanol–water partition coefficient (Wildman–Crippen LogP) is 6.61. The third kappa shape index (κ3) is 7.23. The molecule has 2 aliphatic carbocycles. The number of halogens is 1. The Morgan fingerprint density at radius 3 is 2.31 bits per heavy atom. The molecule has 4 fully saturated rings. The van der Waals surface area contributed by atoms with Crippen molar-refractivity contribution in [3.05, 3.63) is 88.2 Å². The van der Waals surface area contributed by atoms with E-state index in [1.165, 1.54) is 43.2 Å². The van der Waals surface area contributed by atoms with Gasteiger partial charge in [0.05, 0.1) is 5.69 Å². The van der Waals surface area contributed by atoms with E-state index in [0.717, 1.165) is 94.0 Å². The summed E-state index contributed by atoms with van der Waals surface area (Å²) in [6, 6.07) is 17.3. The second kappa shape index (κ2) is 15.2. The van der Waals surface area contributed by atoms with Gasteiger partial charge in [0.2, 0.25) is 11.8 Å². The molecule has 0 radical (unpaired) electrons. The zero-order chi connectivity index (χ0) is 37.6. The first-order valence-corrected chi connectivity index (χ1v) is 20.9. The minimum absolute atomic E-state index is 0.111. The van der Waals surface area contributed by atoms with E-state index in [1.54, 1.807) is 4.90 Å². The molecule has 0 bridgehead atoms. The first-order valence-electron chi connectivity index (χ1n) is 20.9. The number of hydrogen-bond acceptors (Lipinski definition) is 7. The number of benzene rings is 3. The van der Waals surface area contributed by atoms with Crippen LogP contribution in [-0.4, -0.2) is 84.5 Å². The third-order valence-corrected chi connectivity index (χ3v) is 13.9. The molecule has 3 aromatic carbocycles. The average molecular weight is 748 g/mol. The van der Waals surface area contributed by atoms with Gasteiger partial charge >= 0.3 is 0 Å². The van der Waals surface area contributed by atoms with E-state index >= 15 is 4.39 Å². The van der Waals surface area contributed by atoms with Gasteiger partial charge in [0.15, 0.2) is 0 Å². The highest BCUT2D eigenvalue weighted by Gasteiger charge is 2.40. The highest BCUT2D eigenvalue weighted by atomic mass is 19.1. The largest absolute Gasteiger partial charge is 0.508 e. The van der Waals surface area contributed by atoms with Gasteiger partial charge in [-0.25, -0.2) is 4.39 Å². The molecular weight excluding hydrogens is 694 g/mol. The van der Waals surface area contributed by atoms with E-state index in [-0.39, 0.29) is 35.9 Å². The molecule has 0 spiro atoms. The maximum absolute atomic E-state index is 16.1. The number of rotatable bonds is 7. The topological polar surface area (TPSA) is 96.4 Å². The van der Waals surface area contributed by atoms with E-state index in [2.05, 4.69) is 38.2 Å². The molecule has 9 nitrogen and oxygen atoms in total. The quantitative estimate of drug-likeness (QED) is 0.263. The number of nitrogens with one attached hydrogen (secondary N) is 1. The Morgan fingerprint density at radius 1 is 0.745 bits per heavy atom. The number of piperidine rings is 2. The van der Waals surface area contributed by atoms with Crippen LogP contribution in [0.15, 0.2) is 54.6 Å². The number of amides is 3. The van der Waals surface area contributed by atoms with Crippen LogP contribution in [-0.2, 0) is 22.6 Å². The summed E-state index contributed by atoms with van der Waals surface area (Å²) in [6.45, 7) is 6.94. The number of anilines is 2. The zero-order valence-electron chi connectivity index (χ0n) is 31.9. The Labute approximate surface area is 323 Å². The summed E-state index contributed by atoms with van der Waals surface area (Å²) in [5, 5.41) is 12.6. The zero-order valence-corrected chi connectivity index (χ0v) is 31.9. The number of imide groups is 1. The number of piperazine rings is 1. The van der Waals surface area contributed by atoms with Crippen LogP contribution in [0.5, 0.6) is 5.75 Å². The maximum Gasteiger partial charge on any atom is 0.255 e. The van der Waals surface area contributed by atoms with Gasteiger partial charge in [-0.2, -0.15) is 0 Å². The molecule has 1 saturated carbocycles. The molecule has 3 amide bonds. The van der Waals surface area contributed by atoms with Gasteiger partial charge in [-0.3, -0.25) is 24.6 Å². The van der Waals surface area contributed by atoms with E-state index in [9.17, 15) is 19.5 Å². The number of phenolic OH excluding ortho intramolecular Hbond substituents is 1. The number of carbonyl (C=O) groups excluding carboxylic acids is 3. The van der Waals surface area contributed by atoms with Crippen LogP contribution < -0.4 is 15.1 Å². The molecule has 2 N–H and O–H groups in total. The van der Waals surface area contributed by atoms with Crippen LogP contribution in [0.4, 0.5) is 15.8 Å². The van der Waals surface area contributed by atoms with Gasteiger partial charge in [-0.1, -0.05) is 44.2 Å². The standard InChI is InChI=1S/C45H54FN5O4/c46-39-26-32(43-36(30-4-2-1-3-5-30)10-6-31-25-35(52)9-12-37(31)43)7-13-40(39)50-18-16-29(17-19-50)27-48-20-22-49(23-21-48)34-8-11-38-33(24-34)28-51(45(38)55)41-14-15-42(53)47-44(41)54/h7-9,11-13,24-26,29-30,36,41,43,52H,1-6,10,14-23,27-28H2,(H,47,53,54)/t36-,41+,43+/m1/s1. The Hall–Kier alpha value is -4.44. The summed E-state index contributed by atoms with van der Waals surface area (Å²) < 4.78 is 16.1. The monoisotopic (exact) mass is 747 g/mol. The number of fused-ring (bicyclic) bond motifs is 2. The normalized spacial score (nSPS) is 25.6. The van der Waals surface area contributed by atoms with Crippen molar-refractivity contribution in [2.45, 2.75) is 89.1 Å². The molecule has 3 saturated heterocycles. The highest BCUT2D eigenvalue weighted by molar-refractivity contribution is 6.05. The first kappa shape index (κ1) is 36.2. The fourth-order valence-corrected chi connectivity index (χ4v) is 11.0. The molecule has 3 atom stereocenters. The number of nitrogens with zero attached hydrogens (tertiary/aromatic N) is 4. The van der Waals surface area contributed by atoms with Crippen molar-refractivity contribution >= 4 is 29.1 Å². The van der Waals surface area contributed by atoms with Crippen LogP contribution in [0.3, 0.4) is 0 Å². The minimum Gasteiger partial charge on any atom is -0.508 e. The molecule has 3 aromatic rings. The Morgan fingerprint density at radius 2 is 1.55 bits per heavy atom. The van der Waals surface area contributed by atoms with Gasteiger partial charge in [-0.05, 0) is 115 Å². The lowest BCUT2D eigenvalue weighted by Gasteiger charge is -2.41. The lowest BCUT2D eigenvalue weighted by atomic mass is 9.64. The molecule has 9 rings (SSSR count). The van der Waals surface area contributed by atoms with E-state index in [4.69, 9.17) is 0 Å². The molecule has 6 aliphatic rings. The summed E-state index contributed by atoms with van der Waals surface area (Å²) in [5.41, 5.74) is 6.99. The lowest BCUT2D eigenvalue weighted by Crippen LogP contribution is -2.52. The SMILES string of the molecule is O=C1CC[C@H](N2Cc3cc(N4CCN(CC5CCN(c6ccc([C@@H]7c8ccc(O)cc8CC[C@@H]7C7CCCCC7)cc6F)CC5)CC4)ccc3C2=O)C(=O)N1. The smallest absolute Gasteiger partial charge is 0.255 e. The second-order valence-corrected chi connectivity index (χ2v) is 17.1. The number of hydrogen-bond donors (Lipinski definition) is 2. The lowest BCUT2D eigenvalue weighted by molar-refractivity contribution is -0.136. The molecule has 4 heterocycles. The second-order valence-electron chi connectivity index (χ2n) is 17.1. The summed E-state index contributed by atoms with van der Waals surface area (Å²) in [4.78, 5) is 46.1. The fourth-order valence-electron chi connectivity index (χ4n) is 11.0. The van der Waals surface area contributed by atoms with Crippen LogP contribution in [0.1, 0.15) is 103 Å². The van der Waals surface area contributed by atoms with Crippen LogP contribution in [0, 0.1) is 23.6 Å². The highest BCUT2D eigenvalue weighted by Crippen LogP contribution is 2.49. The van der Waals surface area contributed by atoms with Crippen molar-refractivity contribution in [1.82, 2.24) is 15.1 Å². The van der Waals surface area contributed by atoms with E-state index in [0.29, 0.717) is 42.0 Å². The molecule has 10 heteroatoms. The van der Waals surface area contributed by atoms with Gasteiger partial charge in [0, 0.05) is 75.9 Å². The van der Waals surface area contributed by atoms with Gasteiger partial charge in [0.1, 0.15) is 17.6 Å². The third-order valence-electron chi connectivity index (χ3n) is 13.9. The van der Waals surface area contributed by atoms with Crippen molar-refractivity contribution in [3.8, 4) is 5.75 Å². The number of phenols is 1. The summed E-state index contributed by atoms with van der Waals surface area (Å²) in [5.74, 6) is 1.36. The van der Waals surface area contributed by atoms with Crippen LogP contribution in [0.2, 0.25) is 0 Å². The van der Waals surface area contributed by atoms with Crippen molar-refractivity contribution in [2.75, 3.05) is 55.6 Å². The molecule has 290 valence electrons. The van der Waals surface area contributed by atoms with Crippen molar-refractivity contribution in [1.29, 1.82) is 0 Å². The fraction of sp³-hybridized carbons (Fsp3) is 0.533. The molecule has 55 heavy (non-hydrogen) atoms. The van der Waals surface area contributed by atoms with Gasteiger partial charge in [-0.15, -0.1) is 0 Å². The average Bonchev–Trinajstić information content (AvgIpc) is 3.53. The summed E-state index contributed by atoms with van der Waals surface area (Å²) in [7, 11) is 0. The Balaban J connectivity index is 0.787. The van der Waals surface area contributed by atoms with Crippen molar-refractivity contribution in [3.63, 3.8) is 0 Å². The molecule has 0 aromatic heterocycles. The number of carbonyl (C=O) groups is 3. The summed E-state index contributed by atoms with van der Waals surface area (Å²) in [6.07, 6.45) is 11.3. The Kier molecular flexibility index (Phi) is 10.0. The summed E-state index contributed by atoms with van der Waals surface area (Å²) >= 11 is 0.